The molecule has 1 aliphatic carbocycles. The molecule has 0 aromatic rings. The summed E-state index contributed by atoms with van der Waals surface area (Å²) in [5, 5.41) is 33.0. The van der Waals surface area contributed by atoms with Gasteiger partial charge >= 0.3 is 5.97 Å². The Morgan fingerprint density at radius 3 is 2.32 bits per heavy atom. The molecule has 16 nitrogen and oxygen atoms in total. The van der Waals surface area contributed by atoms with E-state index in [-0.39, 0.29) is 73.4 Å². The molecular weight excluding hydrogens is 951 g/mol. The second-order valence-electron chi connectivity index (χ2n) is 21.9. The topological polar surface area (TPSA) is 214 Å². The van der Waals surface area contributed by atoms with Gasteiger partial charge in [-0.1, -0.05) is 70.2 Å². The number of rotatable bonds is 13. The number of ether oxygens (including phenoxy) is 7. The second-order valence-corrected chi connectivity index (χ2v) is 21.9. The van der Waals surface area contributed by atoms with E-state index in [4.69, 9.17) is 33.2 Å². The van der Waals surface area contributed by atoms with Gasteiger partial charge in [0.15, 0.2) is 5.78 Å². The number of hydrogen-bond acceptors (Lipinski definition) is 15. The van der Waals surface area contributed by atoms with Crippen LogP contribution in [0.5, 0.6) is 0 Å². The number of esters is 1. The summed E-state index contributed by atoms with van der Waals surface area (Å²) in [6.07, 6.45) is 14.0. The zero-order valence-electron chi connectivity index (χ0n) is 45.5. The highest BCUT2D eigenvalue weighted by Crippen LogP contribution is 2.38. The lowest BCUT2D eigenvalue weighted by Crippen LogP contribution is -2.61. The van der Waals surface area contributed by atoms with Crippen LogP contribution in [0.2, 0.25) is 0 Å². The molecule has 5 rings (SSSR count). The maximum absolute atomic E-state index is 14.6. The highest BCUT2D eigenvalue weighted by molar-refractivity contribution is 6.39. The molecule has 5 aliphatic rings. The normalized spacial score (nSPS) is 38.1. The minimum absolute atomic E-state index is 0.0309. The molecule has 74 heavy (non-hydrogen) atoms. The van der Waals surface area contributed by atoms with Gasteiger partial charge in [0, 0.05) is 70.5 Å². The van der Waals surface area contributed by atoms with E-state index in [1.165, 1.54) is 12.0 Å². The molecule has 3 saturated heterocycles. The Hall–Kier alpha value is -3.71. The second kappa shape index (κ2) is 29.7. The summed E-state index contributed by atoms with van der Waals surface area (Å²) in [7, 11) is 3.02. The van der Waals surface area contributed by atoms with E-state index in [9.17, 15) is 39.3 Å². The van der Waals surface area contributed by atoms with Crippen molar-refractivity contribution in [1.82, 2.24) is 4.90 Å². The van der Waals surface area contributed by atoms with Gasteiger partial charge in [0.05, 0.1) is 44.2 Å². The Bertz CT molecular complexity index is 1990. The first kappa shape index (κ1) is 61.1. The number of cyclic esters (lactones) is 1. The third kappa shape index (κ3) is 16.6. The number of fused-ring (bicyclic) bond motifs is 3. The first-order valence-corrected chi connectivity index (χ1v) is 27.4. The SMILES string of the molecule is C=C[C@@H]1/C=C/C=C/C=C(\C)C(OCC2COC2)C[C@@H]2CC[C@@H](C)[C@@](O)(O2)C(=O)C(=O)N2CCCCC2C(=O)O[C@H]([C@H](C)C[C@@H]2CC[C@@H](OCCCO)[C@H](OC)C2)CC(=O)[C@H](C)/C=C(\C)[C@@H](O)[C@@H](OC)C(=O)[C@H](C)C1. The van der Waals surface area contributed by atoms with E-state index in [2.05, 4.69) is 6.58 Å². The third-order valence-corrected chi connectivity index (χ3v) is 16.2. The van der Waals surface area contributed by atoms with Crippen LogP contribution in [-0.2, 0) is 57.1 Å². The lowest BCUT2D eigenvalue weighted by Gasteiger charge is -2.43. The quantitative estimate of drug-likeness (QED) is 0.0752. The van der Waals surface area contributed by atoms with E-state index < -0.39 is 77.8 Å². The predicted octanol–water partition coefficient (Wildman–Crippen LogP) is 6.77. The van der Waals surface area contributed by atoms with E-state index in [0.717, 1.165) is 18.4 Å². The number of hydrogen-bond donors (Lipinski definition) is 3. The Balaban J connectivity index is 1.47. The van der Waals surface area contributed by atoms with Gasteiger partial charge in [0.2, 0.25) is 5.79 Å². The van der Waals surface area contributed by atoms with Gasteiger partial charge in [-0.15, -0.1) is 6.58 Å². The first-order valence-electron chi connectivity index (χ1n) is 27.4. The summed E-state index contributed by atoms with van der Waals surface area (Å²) in [4.78, 5) is 73.0. The number of nitrogens with zero attached hydrogens (tertiary/aromatic N) is 1. The van der Waals surface area contributed by atoms with Crippen LogP contribution in [0.25, 0.3) is 0 Å². The molecule has 4 fully saturated rings. The Morgan fingerprint density at radius 1 is 0.892 bits per heavy atom. The number of piperidine rings is 1. The van der Waals surface area contributed by atoms with Gasteiger partial charge in [0.25, 0.3) is 11.7 Å². The lowest BCUT2D eigenvalue weighted by molar-refractivity contribution is -0.266. The smallest absolute Gasteiger partial charge is 0.329 e. The summed E-state index contributed by atoms with van der Waals surface area (Å²) >= 11 is 0. The van der Waals surface area contributed by atoms with Crippen molar-refractivity contribution in [2.45, 2.75) is 180 Å². The molecular formula is C58H89NO15. The number of carbonyl (C=O) groups is 5. The maximum Gasteiger partial charge on any atom is 0.329 e. The summed E-state index contributed by atoms with van der Waals surface area (Å²) < 4.78 is 42.0. The zero-order chi connectivity index (χ0) is 54.1. The van der Waals surface area contributed by atoms with Crippen molar-refractivity contribution in [2.75, 3.05) is 53.8 Å². The maximum atomic E-state index is 14.6. The van der Waals surface area contributed by atoms with Crippen LogP contribution in [0.3, 0.4) is 0 Å². The van der Waals surface area contributed by atoms with Crippen LogP contribution in [0, 0.1) is 41.4 Å². The molecule has 0 aromatic heterocycles. The summed E-state index contributed by atoms with van der Waals surface area (Å²) in [5.41, 5.74) is 1.25. The van der Waals surface area contributed by atoms with Gasteiger partial charge in [-0.3, -0.25) is 19.2 Å². The van der Waals surface area contributed by atoms with Gasteiger partial charge < -0.3 is 53.4 Å². The minimum Gasteiger partial charge on any atom is -0.460 e. The van der Waals surface area contributed by atoms with Crippen molar-refractivity contribution >= 4 is 29.2 Å². The molecule has 416 valence electrons. The molecule has 4 aliphatic heterocycles. The van der Waals surface area contributed by atoms with Gasteiger partial charge in [-0.2, -0.15) is 0 Å². The fraction of sp³-hybridized carbons (Fsp3) is 0.741. The lowest BCUT2D eigenvalue weighted by atomic mass is 9.78. The number of carbonyl (C=O) groups excluding carboxylic acids is 5. The monoisotopic (exact) mass is 1040 g/mol. The van der Waals surface area contributed by atoms with E-state index in [0.29, 0.717) is 89.8 Å². The molecule has 3 N–H and O–H groups in total. The molecule has 16 heteroatoms. The Morgan fingerprint density at radius 2 is 1.65 bits per heavy atom. The number of amides is 1. The minimum atomic E-state index is -2.46. The first-order chi connectivity index (χ1) is 35.3. The number of aliphatic hydroxyl groups excluding tert-OH is 2. The molecule has 2 unspecified atom stereocenters. The third-order valence-electron chi connectivity index (χ3n) is 16.2. The van der Waals surface area contributed by atoms with Crippen LogP contribution < -0.4 is 0 Å². The van der Waals surface area contributed by atoms with Crippen LogP contribution in [0.1, 0.15) is 125 Å². The summed E-state index contributed by atoms with van der Waals surface area (Å²) in [6.45, 7) is 16.8. The summed E-state index contributed by atoms with van der Waals surface area (Å²) in [5.74, 6) is -8.12. The molecule has 4 heterocycles. The zero-order valence-corrected chi connectivity index (χ0v) is 45.5. The molecule has 2 bridgehead atoms. The van der Waals surface area contributed by atoms with E-state index in [1.807, 2.05) is 44.2 Å². The van der Waals surface area contributed by atoms with E-state index in [1.54, 1.807) is 47.0 Å². The molecule has 0 radical (unpaired) electrons. The van der Waals surface area contributed by atoms with Crippen molar-refractivity contribution in [3.05, 3.63) is 60.3 Å². The summed E-state index contributed by atoms with van der Waals surface area (Å²) in [6, 6.07) is -1.16. The van der Waals surface area contributed by atoms with Crippen LogP contribution in [0.4, 0.5) is 0 Å². The number of Topliss-reactive ketones (excluding diaryl/α,β-unsaturated/α-hetero) is 3. The molecule has 0 aromatic carbocycles. The van der Waals surface area contributed by atoms with Crippen LogP contribution in [0.15, 0.2) is 60.3 Å². The molecule has 0 spiro atoms. The van der Waals surface area contributed by atoms with Crippen molar-refractivity contribution < 1.29 is 72.5 Å². The highest BCUT2D eigenvalue weighted by Gasteiger charge is 2.53. The molecule has 15 atom stereocenters. The number of ketones is 3. The number of methoxy groups -OCH3 is 2. The van der Waals surface area contributed by atoms with Crippen molar-refractivity contribution in [3.8, 4) is 0 Å². The van der Waals surface area contributed by atoms with Crippen LogP contribution >= 0.6 is 0 Å². The van der Waals surface area contributed by atoms with Crippen molar-refractivity contribution in [1.29, 1.82) is 0 Å². The van der Waals surface area contributed by atoms with Crippen molar-refractivity contribution in [2.24, 2.45) is 41.4 Å². The molecule has 1 amide bonds. The standard InChI is InChI=1S/C58H89NO15/c1-10-42-18-13-11-12-17-36(2)49(72-35-44-33-70-34-44)31-45-22-20-41(7)58(67,74-45)55(64)56(65)59-24-15-14-19-46(59)57(66)73-50(38(4)28-43-21-23-48(51(30-43)68-8)71-26-16-25-60)32-47(61)37(3)27-39(5)52(62)54(69-9)53(63)40(6)29-42/h10-13,17-18,27,37-38,40-46,48-52,54,60,62,67H,1,14-16,19-26,28-35H2,2-9H3/b12-11+,18-13+,36-17+,39-27+/t37-,38-,40-,41-,42-,43+,45+,46?,48-,49?,50+,51-,52-,54-,58-/m1/s1. The fourth-order valence-electron chi connectivity index (χ4n) is 11.1. The highest BCUT2D eigenvalue weighted by atomic mass is 16.6. The number of allylic oxidation sites excluding steroid dienone is 7. The average Bonchev–Trinajstić information content (AvgIpc) is 3.37. The van der Waals surface area contributed by atoms with Crippen molar-refractivity contribution in [3.63, 3.8) is 0 Å². The van der Waals surface area contributed by atoms with Gasteiger partial charge in [-0.05, 0) is 113 Å². The Labute approximate surface area is 440 Å². The van der Waals surface area contributed by atoms with E-state index >= 15 is 0 Å². The van der Waals surface area contributed by atoms with Gasteiger partial charge in [0.1, 0.15) is 30.1 Å². The van der Waals surface area contributed by atoms with Gasteiger partial charge in [-0.25, -0.2) is 4.79 Å². The fourth-order valence-corrected chi connectivity index (χ4v) is 11.1. The Kier molecular flexibility index (Phi) is 24.5. The predicted molar refractivity (Wildman–Crippen MR) is 278 cm³/mol. The number of aliphatic hydroxyl groups is 3. The average molecular weight is 1040 g/mol. The largest absolute Gasteiger partial charge is 0.460 e. The van der Waals surface area contributed by atoms with Crippen LogP contribution in [-0.4, -0.2) is 158 Å². The molecule has 1 saturated carbocycles.